The van der Waals surface area contributed by atoms with Gasteiger partial charge in [0.05, 0.1) is 25.8 Å². The van der Waals surface area contributed by atoms with E-state index in [1.807, 2.05) is 49.5 Å². The number of fused-ring (bicyclic) bond motifs is 1. The molecule has 2 aromatic carbocycles. The Hall–Kier alpha value is -3.54. The highest BCUT2D eigenvalue weighted by Gasteiger charge is 2.12. The predicted octanol–water partition coefficient (Wildman–Crippen LogP) is 4.16. The van der Waals surface area contributed by atoms with Gasteiger partial charge in [-0.25, -0.2) is 9.78 Å². The summed E-state index contributed by atoms with van der Waals surface area (Å²) in [7, 11) is 1.61. The van der Waals surface area contributed by atoms with Crippen molar-refractivity contribution < 1.29 is 9.47 Å². The molecule has 29 heavy (non-hydrogen) atoms. The molecule has 0 bridgehead atoms. The van der Waals surface area contributed by atoms with Gasteiger partial charge in [0.25, 0.3) is 0 Å². The van der Waals surface area contributed by atoms with Crippen LogP contribution in [0, 0.1) is 6.92 Å². The Morgan fingerprint density at radius 2 is 1.93 bits per heavy atom. The minimum absolute atomic E-state index is 0.191. The molecule has 0 aliphatic heterocycles. The Balaban J connectivity index is 1.72. The van der Waals surface area contributed by atoms with Crippen LogP contribution in [-0.2, 0) is 6.54 Å². The zero-order chi connectivity index (χ0) is 20.4. The van der Waals surface area contributed by atoms with E-state index in [1.54, 1.807) is 11.7 Å². The maximum Gasteiger partial charge on any atom is 0.327 e. The molecule has 0 fully saturated rings. The topological polar surface area (TPSA) is 69.1 Å². The van der Waals surface area contributed by atoms with Crippen LogP contribution >= 0.6 is 0 Å². The Morgan fingerprint density at radius 1 is 1.10 bits per heavy atom. The van der Waals surface area contributed by atoms with Crippen LogP contribution in [0.15, 0.2) is 59.5 Å². The van der Waals surface area contributed by atoms with Crippen LogP contribution in [0.2, 0.25) is 0 Å². The normalized spacial score (nSPS) is 11.0. The number of aromatic nitrogens is 3. The molecule has 0 radical (unpaired) electrons. The van der Waals surface area contributed by atoms with Crippen molar-refractivity contribution in [1.29, 1.82) is 0 Å². The molecule has 6 heteroatoms. The summed E-state index contributed by atoms with van der Waals surface area (Å²) in [4.78, 5) is 20.1. The fourth-order valence-electron chi connectivity index (χ4n) is 3.50. The first kappa shape index (κ1) is 18.8. The molecule has 0 saturated heterocycles. The molecule has 0 aliphatic carbocycles. The lowest BCUT2D eigenvalue weighted by Crippen LogP contribution is -2.17. The predicted molar refractivity (Wildman–Crippen MR) is 114 cm³/mol. The van der Waals surface area contributed by atoms with Gasteiger partial charge in [-0.3, -0.25) is 4.57 Å². The molecule has 0 aliphatic rings. The summed E-state index contributed by atoms with van der Waals surface area (Å²) in [5.41, 5.74) is 5.33. The number of aryl methyl sites for hydroxylation is 1. The van der Waals surface area contributed by atoms with E-state index in [2.05, 4.69) is 29.0 Å². The third-order valence-electron chi connectivity index (χ3n) is 4.93. The lowest BCUT2D eigenvalue weighted by molar-refractivity contribution is 0.310. The zero-order valence-corrected chi connectivity index (χ0v) is 16.7. The van der Waals surface area contributed by atoms with Crippen LogP contribution in [0.5, 0.6) is 11.5 Å². The van der Waals surface area contributed by atoms with E-state index in [1.165, 1.54) is 0 Å². The molecule has 2 heterocycles. The van der Waals surface area contributed by atoms with Gasteiger partial charge in [-0.05, 0) is 48.7 Å². The van der Waals surface area contributed by atoms with Gasteiger partial charge in [0.1, 0.15) is 0 Å². The molecular weight excluding hydrogens is 366 g/mol. The first-order valence-electron chi connectivity index (χ1n) is 9.55. The van der Waals surface area contributed by atoms with Crippen LogP contribution in [0.1, 0.15) is 18.1 Å². The van der Waals surface area contributed by atoms with Crippen molar-refractivity contribution in [3.8, 4) is 22.6 Å². The van der Waals surface area contributed by atoms with Gasteiger partial charge in [-0.15, -0.1) is 0 Å². The minimum Gasteiger partial charge on any atom is -0.493 e. The van der Waals surface area contributed by atoms with E-state index in [9.17, 15) is 4.79 Å². The summed E-state index contributed by atoms with van der Waals surface area (Å²) in [6, 6.07) is 15.8. The van der Waals surface area contributed by atoms with Crippen LogP contribution in [-0.4, -0.2) is 28.3 Å². The van der Waals surface area contributed by atoms with Gasteiger partial charge in [0.15, 0.2) is 17.1 Å². The molecule has 6 nitrogen and oxygen atoms in total. The smallest absolute Gasteiger partial charge is 0.327 e. The summed E-state index contributed by atoms with van der Waals surface area (Å²) in [5, 5.41) is 0. The number of imidazole rings is 1. The number of pyridine rings is 1. The molecule has 1 N–H and O–H groups in total. The summed E-state index contributed by atoms with van der Waals surface area (Å²) < 4.78 is 12.6. The summed E-state index contributed by atoms with van der Waals surface area (Å²) in [6.45, 7) is 4.91. The number of rotatable bonds is 6. The second-order valence-electron chi connectivity index (χ2n) is 6.84. The maximum absolute atomic E-state index is 12.6. The average Bonchev–Trinajstić information content (AvgIpc) is 3.03. The van der Waals surface area contributed by atoms with Gasteiger partial charge in [0, 0.05) is 11.8 Å². The average molecular weight is 389 g/mol. The van der Waals surface area contributed by atoms with Crippen LogP contribution in [0.4, 0.5) is 0 Å². The first-order chi connectivity index (χ1) is 14.1. The highest BCUT2D eigenvalue weighted by molar-refractivity contribution is 5.79. The number of methoxy groups -OCH3 is 1. The Bertz CT molecular complexity index is 1220. The fraction of sp³-hybridized carbons (Fsp3) is 0.217. The van der Waals surface area contributed by atoms with E-state index in [4.69, 9.17) is 9.47 Å². The van der Waals surface area contributed by atoms with Crippen molar-refractivity contribution >= 4 is 11.2 Å². The van der Waals surface area contributed by atoms with E-state index >= 15 is 0 Å². The number of benzene rings is 2. The summed E-state index contributed by atoms with van der Waals surface area (Å²) in [6.07, 6.45) is 1.81. The van der Waals surface area contributed by atoms with Gasteiger partial charge in [-0.1, -0.05) is 30.3 Å². The Labute approximate surface area is 168 Å². The quantitative estimate of drug-likeness (QED) is 0.538. The van der Waals surface area contributed by atoms with Crippen molar-refractivity contribution in [3.05, 3.63) is 76.3 Å². The molecule has 0 atom stereocenters. The molecule has 0 saturated carbocycles. The first-order valence-corrected chi connectivity index (χ1v) is 9.55. The summed E-state index contributed by atoms with van der Waals surface area (Å²) in [5.74, 6) is 1.33. The zero-order valence-electron chi connectivity index (χ0n) is 16.7. The van der Waals surface area contributed by atoms with E-state index in [-0.39, 0.29) is 5.69 Å². The molecule has 4 aromatic rings. The summed E-state index contributed by atoms with van der Waals surface area (Å²) >= 11 is 0. The third kappa shape index (κ3) is 3.61. The van der Waals surface area contributed by atoms with Crippen molar-refractivity contribution in [2.75, 3.05) is 13.7 Å². The number of ether oxygens (including phenoxy) is 2. The van der Waals surface area contributed by atoms with Crippen LogP contribution in [0.25, 0.3) is 22.3 Å². The van der Waals surface area contributed by atoms with E-state index in [0.717, 1.165) is 22.3 Å². The van der Waals surface area contributed by atoms with Gasteiger partial charge < -0.3 is 14.5 Å². The molecule has 2 aromatic heterocycles. The fourth-order valence-corrected chi connectivity index (χ4v) is 3.50. The molecule has 0 spiro atoms. The maximum atomic E-state index is 12.6. The number of aromatic amines is 1. The van der Waals surface area contributed by atoms with E-state index < -0.39 is 0 Å². The van der Waals surface area contributed by atoms with Crippen molar-refractivity contribution in [2.45, 2.75) is 20.4 Å². The minimum atomic E-state index is -0.191. The number of hydrogen-bond acceptors (Lipinski definition) is 4. The molecular formula is C23H23N3O3. The largest absolute Gasteiger partial charge is 0.493 e. The monoisotopic (exact) mass is 389 g/mol. The number of hydrogen-bond donors (Lipinski definition) is 1. The second kappa shape index (κ2) is 7.83. The standard InChI is InChI=1S/C23H23N3O3/c1-4-29-21-11-16(9-10-20(21)28-3)14-26-22-19(25-23(26)27)12-17(13-24-22)18-8-6-5-7-15(18)2/h5-13H,4,14H2,1-3H3,(H,25,27). The second-order valence-corrected chi connectivity index (χ2v) is 6.84. The Kier molecular flexibility index (Phi) is 5.08. The lowest BCUT2D eigenvalue weighted by atomic mass is 10.0. The molecule has 0 amide bonds. The van der Waals surface area contributed by atoms with Crippen molar-refractivity contribution in [1.82, 2.24) is 14.5 Å². The number of H-pyrrole nitrogens is 1. The van der Waals surface area contributed by atoms with Crippen LogP contribution < -0.4 is 15.2 Å². The van der Waals surface area contributed by atoms with Gasteiger partial charge in [-0.2, -0.15) is 0 Å². The Morgan fingerprint density at radius 3 is 2.69 bits per heavy atom. The van der Waals surface area contributed by atoms with Crippen molar-refractivity contribution in [2.24, 2.45) is 0 Å². The molecule has 4 rings (SSSR count). The van der Waals surface area contributed by atoms with Gasteiger partial charge in [0.2, 0.25) is 0 Å². The van der Waals surface area contributed by atoms with E-state index in [0.29, 0.717) is 35.8 Å². The SMILES string of the molecule is CCOc1cc(Cn2c(=O)[nH]c3cc(-c4ccccc4C)cnc32)ccc1OC. The number of nitrogens with zero attached hydrogens (tertiary/aromatic N) is 2. The van der Waals surface area contributed by atoms with Gasteiger partial charge >= 0.3 is 5.69 Å². The third-order valence-corrected chi connectivity index (χ3v) is 4.93. The van der Waals surface area contributed by atoms with Crippen molar-refractivity contribution in [3.63, 3.8) is 0 Å². The molecule has 148 valence electrons. The highest BCUT2D eigenvalue weighted by Crippen LogP contribution is 2.29. The number of nitrogens with one attached hydrogen (secondary N) is 1. The lowest BCUT2D eigenvalue weighted by Gasteiger charge is -2.11. The molecule has 0 unspecified atom stereocenters. The van der Waals surface area contributed by atoms with Crippen LogP contribution in [0.3, 0.4) is 0 Å². The highest BCUT2D eigenvalue weighted by atomic mass is 16.5.